The number of guanidine groups is 1. The summed E-state index contributed by atoms with van der Waals surface area (Å²) in [6, 6.07) is 7.92. The van der Waals surface area contributed by atoms with Gasteiger partial charge < -0.3 is 15.4 Å². The lowest BCUT2D eigenvalue weighted by molar-refractivity contribution is 0.358. The third kappa shape index (κ3) is 5.18. The van der Waals surface area contributed by atoms with E-state index >= 15 is 0 Å². The molecule has 0 saturated carbocycles. The number of aryl methyl sites for hydroxylation is 1. The molecule has 122 valence electrons. The fraction of sp³-hybridized carbons (Fsp3) is 0.294. The second-order valence-electron chi connectivity index (χ2n) is 5.01. The first-order valence-electron chi connectivity index (χ1n) is 7.46. The minimum Gasteiger partial charge on any atom is -0.489 e. The van der Waals surface area contributed by atoms with Crippen LogP contribution in [0.25, 0.3) is 0 Å². The fourth-order valence-electron chi connectivity index (χ4n) is 2.09. The highest BCUT2D eigenvalue weighted by molar-refractivity contribution is 5.79. The number of rotatable bonds is 7. The summed E-state index contributed by atoms with van der Waals surface area (Å²) >= 11 is 0. The molecule has 0 aliphatic rings. The average Bonchev–Trinajstić information content (AvgIpc) is 2.99. The normalized spacial score (nSPS) is 11.1. The number of hydrogen-bond acceptors (Lipinski definition) is 3. The molecule has 0 saturated heterocycles. The fourth-order valence-corrected chi connectivity index (χ4v) is 2.09. The van der Waals surface area contributed by atoms with Crippen LogP contribution in [0.5, 0.6) is 5.75 Å². The third-order valence-corrected chi connectivity index (χ3v) is 3.22. The molecule has 0 aliphatic carbocycles. The largest absolute Gasteiger partial charge is 0.489 e. The van der Waals surface area contributed by atoms with Crippen molar-refractivity contribution < 1.29 is 4.74 Å². The third-order valence-electron chi connectivity index (χ3n) is 3.22. The molecular weight excluding hydrogens is 290 g/mol. The van der Waals surface area contributed by atoms with E-state index in [1.54, 1.807) is 17.8 Å². The minimum atomic E-state index is 0.491. The molecule has 1 heterocycles. The van der Waals surface area contributed by atoms with Crippen LogP contribution in [0.1, 0.15) is 11.1 Å². The predicted molar refractivity (Wildman–Crippen MR) is 92.4 cm³/mol. The predicted octanol–water partition coefficient (Wildman–Crippen LogP) is 1.85. The van der Waals surface area contributed by atoms with E-state index in [0.717, 1.165) is 22.8 Å². The molecule has 0 atom stereocenters. The highest BCUT2D eigenvalue weighted by atomic mass is 16.5. The van der Waals surface area contributed by atoms with E-state index < -0.39 is 0 Å². The molecule has 2 aromatic rings. The summed E-state index contributed by atoms with van der Waals surface area (Å²) in [5, 5.41) is 10.7. The summed E-state index contributed by atoms with van der Waals surface area (Å²) in [6.07, 6.45) is 5.54. The maximum atomic E-state index is 5.65. The molecule has 0 fully saturated rings. The number of para-hydroxylation sites is 1. The monoisotopic (exact) mass is 313 g/mol. The first-order valence-corrected chi connectivity index (χ1v) is 7.46. The quantitative estimate of drug-likeness (QED) is 0.465. The zero-order valence-electron chi connectivity index (χ0n) is 13.6. The first kappa shape index (κ1) is 16.6. The van der Waals surface area contributed by atoms with Crippen LogP contribution in [-0.2, 0) is 20.1 Å². The topological polar surface area (TPSA) is 63.5 Å². The Bertz CT molecular complexity index is 663. The van der Waals surface area contributed by atoms with Gasteiger partial charge in [0.25, 0.3) is 0 Å². The van der Waals surface area contributed by atoms with Crippen LogP contribution in [0.3, 0.4) is 0 Å². The average molecular weight is 313 g/mol. The maximum absolute atomic E-state index is 5.65. The van der Waals surface area contributed by atoms with Crippen molar-refractivity contribution in [1.29, 1.82) is 0 Å². The molecule has 0 unspecified atom stereocenters. The summed E-state index contributed by atoms with van der Waals surface area (Å²) in [5.41, 5.74) is 2.17. The van der Waals surface area contributed by atoms with E-state index in [0.29, 0.717) is 19.7 Å². The molecular formula is C17H23N5O. The van der Waals surface area contributed by atoms with Crippen molar-refractivity contribution in [2.24, 2.45) is 12.0 Å². The molecule has 0 radical (unpaired) electrons. The van der Waals surface area contributed by atoms with E-state index in [1.165, 1.54) is 0 Å². The summed E-state index contributed by atoms with van der Waals surface area (Å²) in [6.45, 7) is 5.46. The van der Waals surface area contributed by atoms with Gasteiger partial charge in [0.1, 0.15) is 12.4 Å². The van der Waals surface area contributed by atoms with Gasteiger partial charge in [-0.05, 0) is 6.07 Å². The molecule has 1 aromatic carbocycles. The van der Waals surface area contributed by atoms with E-state index in [1.807, 2.05) is 43.7 Å². The summed E-state index contributed by atoms with van der Waals surface area (Å²) in [7, 11) is 3.65. The van der Waals surface area contributed by atoms with Gasteiger partial charge in [0.05, 0.1) is 6.20 Å². The SMILES string of the molecule is C=CCOc1ccccc1CNC(=NC)NCc1cnn(C)c1. The Labute approximate surface area is 136 Å². The van der Waals surface area contributed by atoms with Gasteiger partial charge in [-0.1, -0.05) is 30.9 Å². The van der Waals surface area contributed by atoms with Crippen LogP contribution in [0, 0.1) is 0 Å². The Kier molecular flexibility index (Phi) is 6.23. The Morgan fingerprint density at radius 3 is 2.83 bits per heavy atom. The van der Waals surface area contributed by atoms with Crippen molar-refractivity contribution in [2.45, 2.75) is 13.1 Å². The maximum Gasteiger partial charge on any atom is 0.191 e. The van der Waals surface area contributed by atoms with Gasteiger partial charge in [-0.25, -0.2) is 0 Å². The number of ether oxygens (including phenoxy) is 1. The second kappa shape index (κ2) is 8.63. The standard InChI is InChI=1S/C17H23N5O/c1-4-9-23-16-8-6-5-7-15(16)12-20-17(18-2)19-10-14-11-21-22(3)13-14/h4-8,11,13H,1,9-10,12H2,2-3H3,(H2,18,19,20). The summed E-state index contributed by atoms with van der Waals surface area (Å²) in [4.78, 5) is 4.23. The van der Waals surface area contributed by atoms with Crippen molar-refractivity contribution >= 4 is 5.96 Å². The van der Waals surface area contributed by atoms with Crippen LogP contribution in [0.2, 0.25) is 0 Å². The molecule has 6 heteroatoms. The lowest BCUT2D eigenvalue weighted by Crippen LogP contribution is -2.36. The number of hydrogen-bond donors (Lipinski definition) is 2. The Balaban J connectivity index is 1.89. The number of nitrogens with one attached hydrogen (secondary N) is 2. The van der Waals surface area contributed by atoms with Gasteiger partial charge in [-0.3, -0.25) is 9.67 Å². The first-order chi connectivity index (χ1) is 11.2. The highest BCUT2D eigenvalue weighted by Gasteiger charge is 2.04. The number of aromatic nitrogens is 2. The molecule has 0 aliphatic heterocycles. The molecule has 2 N–H and O–H groups in total. The van der Waals surface area contributed by atoms with Crippen LogP contribution in [0.15, 0.2) is 54.3 Å². The number of benzene rings is 1. The van der Waals surface area contributed by atoms with Crippen molar-refractivity contribution in [3.8, 4) is 5.75 Å². The zero-order chi connectivity index (χ0) is 16.5. The van der Waals surface area contributed by atoms with Crippen LogP contribution >= 0.6 is 0 Å². The zero-order valence-corrected chi connectivity index (χ0v) is 13.6. The molecule has 0 amide bonds. The summed E-state index contributed by atoms with van der Waals surface area (Å²) in [5.74, 6) is 1.58. The molecule has 23 heavy (non-hydrogen) atoms. The lowest BCUT2D eigenvalue weighted by Gasteiger charge is -2.14. The van der Waals surface area contributed by atoms with Gasteiger partial charge in [0.2, 0.25) is 0 Å². The van der Waals surface area contributed by atoms with Crippen LogP contribution in [-0.4, -0.2) is 29.4 Å². The molecule has 1 aromatic heterocycles. The van der Waals surface area contributed by atoms with Crippen molar-refractivity contribution in [3.63, 3.8) is 0 Å². The van der Waals surface area contributed by atoms with Gasteiger partial charge in [0.15, 0.2) is 5.96 Å². The Morgan fingerprint density at radius 1 is 1.35 bits per heavy atom. The summed E-state index contributed by atoms with van der Waals surface area (Å²) < 4.78 is 7.43. The van der Waals surface area contributed by atoms with Gasteiger partial charge in [0, 0.05) is 44.5 Å². The number of nitrogens with zero attached hydrogens (tertiary/aromatic N) is 3. The van der Waals surface area contributed by atoms with Crippen molar-refractivity contribution in [1.82, 2.24) is 20.4 Å². The smallest absolute Gasteiger partial charge is 0.191 e. The van der Waals surface area contributed by atoms with E-state index in [2.05, 4.69) is 27.3 Å². The van der Waals surface area contributed by atoms with Crippen LogP contribution in [0.4, 0.5) is 0 Å². The van der Waals surface area contributed by atoms with Gasteiger partial charge in [-0.15, -0.1) is 0 Å². The molecule has 0 bridgehead atoms. The van der Waals surface area contributed by atoms with Crippen LogP contribution < -0.4 is 15.4 Å². The molecule has 0 spiro atoms. The number of aliphatic imine (C=N–C) groups is 1. The van der Waals surface area contributed by atoms with E-state index in [-0.39, 0.29) is 0 Å². The van der Waals surface area contributed by atoms with E-state index in [4.69, 9.17) is 4.74 Å². The highest BCUT2D eigenvalue weighted by Crippen LogP contribution is 2.17. The Morgan fingerprint density at radius 2 is 2.13 bits per heavy atom. The second-order valence-corrected chi connectivity index (χ2v) is 5.01. The molecule has 6 nitrogen and oxygen atoms in total. The van der Waals surface area contributed by atoms with E-state index in [9.17, 15) is 0 Å². The van der Waals surface area contributed by atoms with Gasteiger partial charge >= 0.3 is 0 Å². The molecule has 2 rings (SSSR count). The van der Waals surface area contributed by atoms with Gasteiger partial charge in [-0.2, -0.15) is 5.10 Å². The Hall–Kier alpha value is -2.76. The minimum absolute atomic E-state index is 0.491. The van der Waals surface area contributed by atoms with Crippen molar-refractivity contribution in [2.75, 3.05) is 13.7 Å². The lowest BCUT2D eigenvalue weighted by atomic mass is 10.2. The van der Waals surface area contributed by atoms with Crippen molar-refractivity contribution in [3.05, 3.63) is 60.4 Å².